The van der Waals surface area contributed by atoms with Crippen LogP contribution in [0.25, 0.3) is 10.9 Å². The van der Waals surface area contributed by atoms with Crippen molar-refractivity contribution in [1.82, 2.24) is 9.97 Å². The van der Waals surface area contributed by atoms with Crippen molar-refractivity contribution in [2.45, 2.75) is 6.92 Å². The van der Waals surface area contributed by atoms with Gasteiger partial charge < -0.3 is 10.2 Å². The minimum atomic E-state index is 0.577. The predicted molar refractivity (Wildman–Crippen MR) is 93.3 cm³/mol. The monoisotopic (exact) mass is 312 g/mol. The smallest absolute Gasteiger partial charge is 0.229 e. The van der Waals surface area contributed by atoms with Gasteiger partial charge in [0.15, 0.2) is 0 Å². The van der Waals surface area contributed by atoms with E-state index < -0.39 is 0 Å². The molecule has 22 heavy (non-hydrogen) atoms. The number of halogens is 1. The fraction of sp³-hybridized carbons (Fsp3) is 0.176. The number of hydrogen-bond donors (Lipinski definition) is 1. The minimum Gasteiger partial charge on any atom is -0.362 e. The number of nitrogens with one attached hydrogen (secondary N) is 1. The third kappa shape index (κ3) is 2.83. The second-order valence-electron chi connectivity index (χ2n) is 5.37. The Morgan fingerprint density at radius 2 is 1.82 bits per heavy atom. The van der Waals surface area contributed by atoms with Crippen molar-refractivity contribution in [3.63, 3.8) is 0 Å². The lowest BCUT2D eigenvalue weighted by Crippen LogP contribution is -2.13. The summed E-state index contributed by atoms with van der Waals surface area (Å²) in [5.41, 5.74) is 2.91. The molecule has 0 saturated heterocycles. The summed E-state index contributed by atoms with van der Waals surface area (Å²) >= 11 is 6.00. The van der Waals surface area contributed by atoms with Gasteiger partial charge in [0.25, 0.3) is 0 Å². The molecule has 1 heterocycles. The van der Waals surface area contributed by atoms with Crippen LogP contribution < -0.4 is 10.2 Å². The van der Waals surface area contributed by atoms with Gasteiger partial charge in [-0.05, 0) is 42.8 Å². The van der Waals surface area contributed by atoms with Crippen LogP contribution in [0.15, 0.2) is 42.5 Å². The number of nitrogens with zero attached hydrogens (tertiary/aromatic N) is 3. The maximum Gasteiger partial charge on any atom is 0.229 e. The summed E-state index contributed by atoms with van der Waals surface area (Å²) in [4.78, 5) is 11.2. The Bertz CT molecular complexity index is 830. The minimum absolute atomic E-state index is 0.577. The van der Waals surface area contributed by atoms with E-state index in [1.54, 1.807) is 0 Å². The molecule has 0 radical (unpaired) electrons. The highest BCUT2D eigenvalue weighted by molar-refractivity contribution is 6.30. The molecule has 1 aromatic heterocycles. The number of aromatic nitrogens is 2. The molecule has 0 saturated carbocycles. The van der Waals surface area contributed by atoms with E-state index in [0.29, 0.717) is 5.95 Å². The Morgan fingerprint density at radius 3 is 2.55 bits per heavy atom. The van der Waals surface area contributed by atoms with Crippen LogP contribution in [0.3, 0.4) is 0 Å². The van der Waals surface area contributed by atoms with Crippen molar-refractivity contribution in [3.8, 4) is 0 Å². The number of para-hydroxylation sites is 1. The van der Waals surface area contributed by atoms with E-state index in [9.17, 15) is 0 Å². The molecule has 0 bridgehead atoms. The molecule has 0 aliphatic carbocycles. The van der Waals surface area contributed by atoms with Gasteiger partial charge in [0, 0.05) is 30.2 Å². The molecule has 0 atom stereocenters. The normalized spacial score (nSPS) is 10.7. The van der Waals surface area contributed by atoms with E-state index in [1.165, 1.54) is 0 Å². The number of benzene rings is 2. The standard InChI is InChI=1S/C17H17ClN4/c1-11-10-12(18)8-9-14(11)19-17-20-15-7-5-4-6-13(15)16(21-17)22(2)3/h4-10H,1-3H3,(H,19,20,21). The first-order valence-electron chi connectivity index (χ1n) is 7.02. The van der Waals surface area contributed by atoms with Crippen LogP contribution in [0.5, 0.6) is 0 Å². The van der Waals surface area contributed by atoms with Crippen LogP contribution in [-0.2, 0) is 0 Å². The Balaban J connectivity index is 2.07. The van der Waals surface area contributed by atoms with Gasteiger partial charge in [0.2, 0.25) is 5.95 Å². The van der Waals surface area contributed by atoms with Gasteiger partial charge in [-0.1, -0.05) is 23.7 Å². The van der Waals surface area contributed by atoms with Crippen molar-refractivity contribution >= 4 is 40.0 Å². The van der Waals surface area contributed by atoms with E-state index in [-0.39, 0.29) is 0 Å². The number of aryl methyl sites for hydroxylation is 1. The summed E-state index contributed by atoms with van der Waals surface area (Å²) < 4.78 is 0. The summed E-state index contributed by atoms with van der Waals surface area (Å²) in [5, 5.41) is 5.03. The molecule has 2 aromatic carbocycles. The van der Waals surface area contributed by atoms with E-state index in [2.05, 4.69) is 15.3 Å². The van der Waals surface area contributed by atoms with Gasteiger partial charge in [-0.15, -0.1) is 0 Å². The quantitative estimate of drug-likeness (QED) is 0.778. The summed E-state index contributed by atoms with van der Waals surface area (Å²) in [7, 11) is 3.96. The highest BCUT2D eigenvalue weighted by Gasteiger charge is 2.10. The highest BCUT2D eigenvalue weighted by Crippen LogP contribution is 2.27. The van der Waals surface area contributed by atoms with Gasteiger partial charge in [-0.2, -0.15) is 4.98 Å². The van der Waals surface area contributed by atoms with Gasteiger partial charge in [-0.25, -0.2) is 4.98 Å². The van der Waals surface area contributed by atoms with Gasteiger partial charge in [-0.3, -0.25) is 0 Å². The number of anilines is 3. The van der Waals surface area contributed by atoms with Crippen LogP contribution in [-0.4, -0.2) is 24.1 Å². The van der Waals surface area contributed by atoms with Gasteiger partial charge >= 0.3 is 0 Å². The van der Waals surface area contributed by atoms with Crippen molar-refractivity contribution < 1.29 is 0 Å². The fourth-order valence-electron chi connectivity index (χ4n) is 2.34. The summed E-state index contributed by atoms with van der Waals surface area (Å²) in [6, 6.07) is 13.7. The first kappa shape index (κ1) is 14.6. The molecule has 112 valence electrons. The summed E-state index contributed by atoms with van der Waals surface area (Å²) in [5.74, 6) is 1.47. The molecule has 3 aromatic rings. The largest absolute Gasteiger partial charge is 0.362 e. The third-order valence-electron chi connectivity index (χ3n) is 3.44. The Kier molecular flexibility index (Phi) is 3.86. The summed E-state index contributed by atoms with van der Waals surface area (Å²) in [6.07, 6.45) is 0. The number of fused-ring (bicyclic) bond motifs is 1. The maximum atomic E-state index is 6.00. The van der Waals surface area contributed by atoms with Crippen LogP contribution >= 0.6 is 11.6 Å². The molecule has 0 aliphatic rings. The lowest BCUT2D eigenvalue weighted by Gasteiger charge is -2.16. The molecule has 1 N–H and O–H groups in total. The predicted octanol–water partition coefficient (Wildman–Crippen LogP) is 4.40. The average Bonchev–Trinajstić information content (AvgIpc) is 2.49. The lowest BCUT2D eigenvalue weighted by atomic mass is 10.2. The second kappa shape index (κ2) is 5.81. The zero-order valence-corrected chi connectivity index (χ0v) is 13.5. The van der Waals surface area contributed by atoms with Crippen molar-refractivity contribution in [2.24, 2.45) is 0 Å². The molecular weight excluding hydrogens is 296 g/mol. The van der Waals surface area contributed by atoms with Crippen LogP contribution in [0, 0.1) is 6.92 Å². The first-order chi connectivity index (χ1) is 10.5. The molecule has 0 amide bonds. The highest BCUT2D eigenvalue weighted by atomic mass is 35.5. The third-order valence-corrected chi connectivity index (χ3v) is 3.68. The van der Waals surface area contributed by atoms with Crippen molar-refractivity contribution in [1.29, 1.82) is 0 Å². The van der Waals surface area contributed by atoms with E-state index in [0.717, 1.165) is 33.0 Å². The zero-order valence-electron chi connectivity index (χ0n) is 12.8. The van der Waals surface area contributed by atoms with Crippen LogP contribution in [0.1, 0.15) is 5.56 Å². The molecule has 0 unspecified atom stereocenters. The zero-order chi connectivity index (χ0) is 15.7. The maximum absolute atomic E-state index is 6.00. The molecule has 0 aliphatic heterocycles. The van der Waals surface area contributed by atoms with Crippen molar-refractivity contribution in [2.75, 3.05) is 24.3 Å². The summed E-state index contributed by atoms with van der Waals surface area (Å²) in [6.45, 7) is 2.00. The second-order valence-corrected chi connectivity index (χ2v) is 5.80. The molecular formula is C17H17ClN4. The lowest BCUT2D eigenvalue weighted by molar-refractivity contribution is 1.06. The van der Waals surface area contributed by atoms with Crippen molar-refractivity contribution in [3.05, 3.63) is 53.1 Å². The number of rotatable bonds is 3. The Labute approximate surface area is 134 Å². The topological polar surface area (TPSA) is 41.1 Å². The van der Waals surface area contributed by atoms with Crippen LogP contribution in [0.2, 0.25) is 5.02 Å². The Hall–Kier alpha value is -2.33. The first-order valence-corrected chi connectivity index (χ1v) is 7.39. The average molecular weight is 313 g/mol. The van der Waals surface area contributed by atoms with E-state index in [4.69, 9.17) is 11.6 Å². The van der Waals surface area contributed by atoms with Gasteiger partial charge in [0.1, 0.15) is 5.82 Å². The number of hydrogen-bond acceptors (Lipinski definition) is 4. The Morgan fingerprint density at radius 1 is 1.05 bits per heavy atom. The molecule has 3 rings (SSSR count). The molecule has 5 heteroatoms. The molecule has 0 fully saturated rings. The van der Waals surface area contributed by atoms with Crippen LogP contribution in [0.4, 0.5) is 17.5 Å². The SMILES string of the molecule is Cc1cc(Cl)ccc1Nc1nc(N(C)C)c2ccccc2n1. The fourth-order valence-corrected chi connectivity index (χ4v) is 2.57. The van der Waals surface area contributed by atoms with E-state index in [1.807, 2.05) is 68.4 Å². The van der Waals surface area contributed by atoms with E-state index >= 15 is 0 Å². The van der Waals surface area contributed by atoms with Gasteiger partial charge in [0.05, 0.1) is 5.52 Å². The molecule has 4 nitrogen and oxygen atoms in total. The molecule has 0 spiro atoms.